The van der Waals surface area contributed by atoms with Gasteiger partial charge in [0.25, 0.3) is 0 Å². The lowest BCUT2D eigenvalue weighted by Crippen LogP contribution is -2.05. The standard InChI is InChI=1S/C11H14O4/c1-7(12)3-8-4-10-11(15-6-14-10)5-9(8)13-2/h4-5,7,12H,3,6H2,1-2H3/t7-/m0/s1. The van der Waals surface area contributed by atoms with Crippen LogP contribution in [0.3, 0.4) is 0 Å². The quantitative estimate of drug-likeness (QED) is 0.818. The molecule has 2 rings (SSSR count). The minimum absolute atomic E-state index is 0.247. The van der Waals surface area contributed by atoms with Gasteiger partial charge in [0.15, 0.2) is 11.5 Å². The van der Waals surface area contributed by atoms with Crippen molar-refractivity contribution in [3.8, 4) is 17.2 Å². The summed E-state index contributed by atoms with van der Waals surface area (Å²) in [5, 5.41) is 9.35. The van der Waals surface area contributed by atoms with Crippen LogP contribution in [0.15, 0.2) is 12.1 Å². The van der Waals surface area contributed by atoms with Gasteiger partial charge in [-0.1, -0.05) is 0 Å². The average Bonchev–Trinajstić information content (AvgIpc) is 2.62. The summed E-state index contributed by atoms with van der Waals surface area (Å²) < 4.78 is 15.7. The van der Waals surface area contributed by atoms with Gasteiger partial charge in [-0.15, -0.1) is 0 Å². The van der Waals surface area contributed by atoms with E-state index in [9.17, 15) is 5.11 Å². The Bertz CT molecular complexity index is 360. The molecular weight excluding hydrogens is 196 g/mol. The van der Waals surface area contributed by atoms with Gasteiger partial charge < -0.3 is 19.3 Å². The summed E-state index contributed by atoms with van der Waals surface area (Å²) in [6, 6.07) is 3.65. The summed E-state index contributed by atoms with van der Waals surface area (Å²) in [5.41, 5.74) is 0.928. The lowest BCUT2D eigenvalue weighted by Gasteiger charge is -2.11. The van der Waals surface area contributed by atoms with E-state index in [1.165, 1.54) is 0 Å². The maximum atomic E-state index is 9.35. The Kier molecular flexibility index (Phi) is 2.68. The van der Waals surface area contributed by atoms with Crippen molar-refractivity contribution in [2.24, 2.45) is 0 Å². The van der Waals surface area contributed by atoms with Crippen LogP contribution in [0.1, 0.15) is 12.5 Å². The van der Waals surface area contributed by atoms with E-state index in [1.54, 1.807) is 20.1 Å². The monoisotopic (exact) mass is 210 g/mol. The van der Waals surface area contributed by atoms with Gasteiger partial charge in [0.05, 0.1) is 13.2 Å². The second-order valence-electron chi connectivity index (χ2n) is 3.57. The van der Waals surface area contributed by atoms with Crippen molar-refractivity contribution >= 4 is 0 Å². The Hall–Kier alpha value is -1.42. The van der Waals surface area contributed by atoms with Gasteiger partial charge in [-0.05, 0) is 13.0 Å². The zero-order valence-electron chi connectivity index (χ0n) is 8.82. The number of rotatable bonds is 3. The molecule has 0 saturated heterocycles. The molecule has 15 heavy (non-hydrogen) atoms. The Morgan fingerprint density at radius 1 is 1.40 bits per heavy atom. The van der Waals surface area contributed by atoms with Gasteiger partial charge >= 0.3 is 0 Å². The predicted octanol–water partition coefficient (Wildman–Crippen LogP) is 1.35. The molecule has 0 aliphatic carbocycles. The van der Waals surface area contributed by atoms with Crippen molar-refractivity contribution in [2.45, 2.75) is 19.4 Å². The summed E-state index contributed by atoms with van der Waals surface area (Å²) in [6.07, 6.45) is 0.138. The minimum Gasteiger partial charge on any atom is -0.496 e. The number of aliphatic hydroxyl groups excluding tert-OH is 1. The molecule has 1 atom stereocenters. The molecule has 82 valence electrons. The third-order valence-electron chi connectivity index (χ3n) is 2.29. The number of ether oxygens (including phenoxy) is 3. The van der Waals surface area contributed by atoms with Crippen LogP contribution < -0.4 is 14.2 Å². The van der Waals surface area contributed by atoms with Crippen molar-refractivity contribution < 1.29 is 19.3 Å². The van der Waals surface area contributed by atoms with Gasteiger partial charge in [0.1, 0.15) is 5.75 Å². The van der Waals surface area contributed by atoms with Crippen LogP contribution in [-0.2, 0) is 6.42 Å². The van der Waals surface area contributed by atoms with E-state index >= 15 is 0 Å². The summed E-state index contributed by atoms with van der Waals surface area (Å²) in [7, 11) is 1.60. The molecule has 0 radical (unpaired) electrons. The van der Waals surface area contributed by atoms with E-state index in [1.807, 2.05) is 6.07 Å². The highest BCUT2D eigenvalue weighted by Crippen LogP contribution is 2.38. The number of hydrogen-bond acceptors (Lipinski definition) is 4. The van der Waals surface area contributed by atoms with Crippen molar-refractivity contribution in [2.75, 3.05) is 13.9 Å². The average molecular weight is 210 g/mol. The Morgan fingerprint density at radius 3 is 2.67 bits per heavy atom. The van der Waals surface area contributed by atoms with E-state index < -0.39 is 6.10 Å². The zero-order chi connectivity index (χ0) is 10.8. The molecule has 0 bridgehead atoms. The highest BCUT2D eigenvalue weighted by Gasteiger charge is 2.18. The fourth-order valence-electron chi connectivity index (χ4n) is 1.63. The molecule has 4 heteroatoms. The van der Waals surface area contributed by atoms with E-state index in [0.717, 1.165) is 11.3 Å². The van der Waals surface area contributed by atoms with Crippen molar-refractivity contribution in [1.82, 2.24) is 0 Å². The van der Waals surface area contributed by atoms with Crippen LogP contribution >= 0.6 is 0 Å². The second-order valence-corrected chi connectivity index (χ2v) is 3.57. The third kappa shape index (κ3) is 1.99. The maximum absolute atomic E-state index is 9.35. The Balaban J connectivity index is 2.35. The summed E-state index contributed by atoms with van der Waals surface area (Å²) >= 11 is 0. The van der Waals surface area contributed by atoms with E-state index in [-0.39, 0.29) is 6.79 Å². The summed E-state index contributed by atoms with van der Waals surface area (Å²) in [6.45, 7) is 1.99. The molecule has 4 nitrogen and oxygen atoms in total. The topological polar surface area (TPSA) is 47.9 Å². The van der Waals surface area contributed by atoms with Gasteiger partial charge in [-0.3, -0.25) is 0 Å². The second kappa shape index (κ2) is 3.98. The molecule has 1 aromatic rings. The molecule has 0 unspecified atom stereocenters. The molecule has 1 N–H and O–H groups in total. The van der Waals surface area contributed by atoms with E-state index in [2.05, 4.69) is 0 Å². The highest BCUT2D eigenvalue weighted by molar-refractivity contribution is 5.52. The molecule has 0 fully saturated rings. The summed E-state index contributed by atoms with van der Waals surface area (Å²) in [4.78, 5) is 0. The van der Waals surface area contributed by atoms with Crippen molar-refractivity contribution in [3.63, 3.8) is 0 Å². The molecule has 0 amide bonds. The molecule has 0 saturated carbocycles. The van der Waals surface area contributed by atoms with Crippen LogP contribution in [0, 0.1) is 0 Å². The third-order valence-corrected chi connectivity index (χ3v) is 2.29. The first kappa shape index (κ1) is 10.1. The number of hydrogen-bond donors (Lipinski definition) is 1. The zero-order valence-corrected chi connectivity index (χ0v) is 8.82. The van der Waals surface area contributed by atoms with Crippen molar-refractivity contribution in [1.29, 1.82) is 0 Å². The lowest BCUT2D eigenvalue weighted by atomic mass is 10.1. The van der Waals surface area contributed by atoms with Gasteiger partial charge in [-0.2, -0.15) is 0 Å². The molecule has 1 aliphatic heterocycles. The van der Waals surface area contributed by atoms with Crippen LogP contribution in [0.5, 0.6) is 17.2 Å². The van der Waals surface area contributed by atoms with Crippen LogP contribution in [-0.4, -0.2) is 25.1 Å². The van der Waals surface area contributed by atoms with Crippen LogP contribution in [0.25, 0.3) is 0 Å². The summed E-state index contributed by atoms with van der Waals surface area (Å²) in [5.74, 6) is 2.13. The normalized spacial score (nSPS) is 15.1. The largest absolute Gasteiger partial charge is 0.496 e. The molecule has 1 aromatic carbocycles. The first-order valence-corrected chi connectivity index (χ1v) is 4.85. The van der Waals surface area contributed by atoms with E-state index in [4.69, 9.17) is 14.2 Å². The van der Waals surface area contributed by atoms with Gasteiger partial charge in [0, 0.05) is 18.1 Å². The first-order valence-electron chi connectivity index (χ1n) is 4.85. The molecule has 1 heterocycles. The fourth-order valence-corrected chi connectivity index (χ4v) is 1.63. The highest BCUT2D eigenvalue weighted by atomic mass is 16.7. The predicted molar refractivity (Wildman–Crippen MR) is 54.5 cm³/mol. The van der Waals surface area contributed by atoms with Crippen molar-refractivity contribution in [3.05, 3.63) is 17.7 Å². The molecule has 0 spiro atoms. The van der Waals surface area contributed by atoms with Gasteiger partial charge in [-0.25, -0.2) is 0 Å². The van der Waals surface area contributed by atoms with Gasteiger partial charge in [0.2, 0.25) is 6.79 Å². The number of benzene rings is 1. The van der Waals surface area contributed by atoms with Crippen LogP contribution in [0.2, 0.25) is 0 Å². The number of fused-ring (bicyclic) bond motifs is 1. The van der Waals surface area contributed by atoms with Crippen LogP contribution in [0.4, 0.5) is 0 Å². The maximum Gasteiger partial charge on any atom is 0.231 e. The molecular formula is C11H14O4. The number of aliphatic hydroxyl groups is 1. The fraction of sp³-hybridized carbons (Fsp3) is 0.455. The first-order chi connectivity index (χ1) is 7.20. The Morgan fingerprint density at radius 2 is 2.07 bits per heavy atom. The number of methoxy groups -OCH3 is 1. The smallest absolute Gasteiger partial charge is 0.231 e. The minimum atomic E-state index is -0.403. The lowest BCUT2D eigenvalue weighted by molar-refractivity contribution is 0.173. The van der Waals surface area contributed by atoms with E-state index in [0.29, 0.717) is 17.9 Å². The Labute approximate surface area is 88.4 Å². The molecule has 1 aliphatic rings. The SMILES string of the molecule is COc1cc2c(cc1C[C@H](C)O)OCO2. The molecule has 0 aromatic heterocycles.